The zero-order chi connectivity index (χ0) is 28.1. The van der Waals surface area contributed by atoms with Gasteiger partial charge in [0.2, 0.25) is 5.71 Å². The number of hydrogen-bond donors (Lipinski definition) is 2. The van der Waals surface area contributed by atoms with Crippen LogP contribution in [0.15, 0.2) is 76.1 Å². The van der Waals surface area contributed by atoms with Crippen molar-refractivity contribution in [3.8, 4) is 11.3 Å². The van der Waals surface area contributed by atoms with Crippen LogP contribution >= 0.6 is 0 Å². The van der Waals surface area contributed by atoms with Crippen LogP contribution in [0.2, 0.25) is 0 Å². The standard InChI is InChI=1S/C31H35N3O6/c1-2-3-5-8-20-11-13-22(14-12-20)26-16-23-18-34(31(37)33-29(23)40-26)28-17-25(35)27(39-28)19-38-30(36)24(32)15-21-9-6-4-7-10-21/h4,6-7,9-14,16,18,24-25,27-28,35H,2-3,5,8,15,17,19,32H2,1H3/t24-,25-,27+,28+/m0/s1. The van der Waals surface area contributed by atoms with Gasteiger partial charge in [-0.2, -0.15) is 4.98 Å². The maximum Gasteiger partial charge on any atom is 0.353 e. The number of aromatic nitrogens is 2. The lowest BCUT2D eigenvalue weighted by Crippen LogP contribution is -2.37. The maximum atomic E-state index is 12.8. The second-order valence-corrected chi connectivity index (χ2v) is 10.3. The number of rotatable bonds is 11. The van der Waals surface area contributed by atoms with Crippen LogP contribution in [0.4, 0.5) is 0 Å². The second-order valence-electron chi connectivity index (χ2n) is 10.3. The maximum absolute atomic E-state index is 12.8. The molecule has 2 aromatic heterocycles. The summed E-state index contributed by atoms with van der Waals surface area (Å²) in [6.07, 6.45) is 4.24. The van der Waals surface area contributed by atoms with E-state index < -0.39 is 36.1 Å². The molecular weight excluding hydrogens is 510 g/mol. The predicted molar refractivity (Wildman–Crippen MR) is 151 cm³/mol. The zero-order valence-corrected chi connectivity index (χ0v) is 22.6. The summed E-state index contributed by atoms with van der Waals surface area (Å²) in [6.45, 7) is 2.02. The highest BCUT2D eigenvalue weighted by molar-refractivity contribution is 5.79. The second kappa shape index (κ2) is 12.6. The first kappa shape index (κ1) is 27.8. The van der Waals surface area contributed by atoms with Crippen LogP contribution in [0, 0.1) is 0 Å². The number of ether oxygens (including phenoxy) is 2. The van der Waals surface area contributed by atoms with Crippen molar-refractivity contribution in [1.29, 1.82) is 0 Å². The van der Waals surface area contributed by atoms with Crippen LogP contribution in [-0.4, -0.2) is 45.5 Å². The van der Waals surface area contributed by atoms with Crippen LogP contribution in [0.5, 0.6) is 0 Å². The van der Waals surface area contributed by atoms with E-state index in [2.05, 4.69) is 24.0 Å². The number of nitrogens with zero attached hydrogens (tertiary/aromatic N) is 2. The molecule has 0 aliphatic carbocycles. The molecule has 4 atom stereocenters. The fourth-order valence-corrected chi connectivity index (χ4v) is 4.95. The topological polar surface area (TPSA) is 130 Å². The van der Waals surface area contributed by atoms with E-state index in [0.717, 1.165) is 17.5 Å². The van der Waals surface area contributed by atoms with Gasteiger partial charge in [-0.15, -0.1) is 0 Å². The molecule has 4 aromatic rings. The van der Waals surface area contributed by atoms with E-state index in [1.54, 1.807) is 6.20 Å². The number of aryl methyl sites for hydroxylation is 1. The van der Waals surface area contributed by atoms with Crippen molar-refractivity contribution in [2.75, 3.05) is 6.61 Å². The Labute approximate surface area is 232 Å². The summed E-state index contributed by atoms with van der Waals surface area (Å²) < 4.78 is 18.5. The molecular formula is C31H35N3O6. The third-order valence-corrected chi connectivity index (χ3v) is 7.25. The Bertz CT molecular complexity index is 1480. The van der Waals surface area contributed by atoms with Crippen LogP contribution in [-0.2, 0) is 27.1 Å². The number of esters is 1. The van der Waals surface area contributed by atoms with Gasteiger partial charge in [-0.05, 0) is 36.5 Å². The molecule has 5 rings (SSSR count). The number of furan rings is 1. The number of benzene rings is 2. The molecule has 9 heteroatoms. The monoisotopic (exact) mass is 545 g/mol. The van der Waals surface area contributed by atoms with Crippen molar-refractivity contribution < 1.29 is 23.8 Å². The molecule has 1 aliphatic heterocycles. The molecule has 3 N–H and O–H groups in total. The normalized spacial score (nSPS) is 19.6. The molecule has 0 amide bonds. The Balaban J connectivity index is 1.22. The van der Waals surface area contributed by atoms with E-state index in [9.17, 15) is 14.7 Å². The summed E-state index contributed by atoms with van der Waals surface area (Å²) in [5, 5.41) is 11.2. The molecule has 1 aliphatic rings. The SMILES string of the molecule is CCCCCc1ccc(-c2cc3cn([C@H]4C[C@H](O)[C@@H](COC(=O)[C@@H](N)Cc5ccccc5)O4)c(=O)nc3o2)cc1. The lowest BCUT2D eigenvalue weighted by Gasteiger charge is -2.17. The van der Waals surface area contributed by atoms with Crippen LogP contribution in [0.1, 0.15) is 50.0 Å². The Morgan fingerprint density at radius 2 is 1.93 bits per heavy atom. The van der Waals surface area contributed by atoms with Crippen LogP contribution in [0.3, 0.4) is 0 Å². The van der Waals surface area contributed by atoms with Gasteiger partial charge in [0.1, 0.15) is 30.7 Å². The fraction of sp³-hybridized carbons (Fsp3) is 0.387. The summed E-state index contributed by atoms with van der Waals surface area (Å²) in [5.74, 6) is 0.0343. The molecule has 1 saturated heterocycles. The van der Waals surface area contributed by atoms with E-state index in [0.29, 0.717) is 17.6 Å². The van der Waals surface area contributed by atoms with Gasteiger partial charge < -0.3 is 24.7 Å². The van der Waals surface area contributed by atoms with Gasteiger partial charge in [0.05, 0.1) is 11.5 Å². The number of aliphatic hydroxyl groups is 1. The first-order valence-electron chi connectivity index (χ1n) is 13.8. The lowest BCUT2D eigenvalue weighted by molar-refractivity contribution is -0.151. The van der Waals surface area contributed by atoms with Crippen LogP contribution in [0.25, 0.3) is 22.4 Å². The van der Waals surface area contributed by atoms with Gasteiger partial charge in [0, 0.05) is 18.2 Å². The molecule has 0 saturated carbocycles. The minimum Gasteiger partial charge on any atom is -0.462 e. The quantitative estimate of drug-likeness (QED) is 0.212. The molecule has 9 nitrogen and oxygen atoms in total. The highest BCUT2D eigenvalue weighted by Crippen LogP contribution is 2.31. The van der Waals surface area contributed by atoms with Gasteiger partial charge in [0.15, 0.2) is 0 Å². The fourth-order valence-electron chi connectivity index (χ4n) is 4.95. The van der Waals surface area contributed by atoms with Gasteiger partial charge in [-0.1, -0.05) is 74.4 Å². The molecule has 210 valence electrons. The van der Waals surface area contributed by atoms with Crippen LogP contribution < -0.4 is 11.4 Å². The minimum atomic E-state index is -0.929. The highest BCUT2D eigenvalue weighted by Gasteiger charge is 2.37. The number of aliphatic hydroxyl groups excluding tert-OH is 1. The predicted octanol–water partition coefficient (Wildman–Crippen LogP) is 4.15. The first-order valence-corrected chi connectivity index (χ1v) is 13.8. The molecule has 2 aromatic carbocycles. The average molecular weight is 546 g/mol. The van der Waals surface area contributed by atoms with Crippen molar-refractivity contribution >= 4 is 17.1 Å². The summed E-state index contributed by atoms with van der Waals surface area (Å²) in [6, 6.07) is 18.6. The highest BCUT2D eigenvalue weighted by atomic mass is 16.6. The van der Waals surface area contributed by atoms with Crippen molar-refractivity contribution in [1.82, 2.24) is 9.55 Å². The number of hydrogen-bond acceptors (Lipinski definition) is 8. The number of fused-ring (bicyclic) bond motifs is 1. The summed E-state index contributed by atoms with van der Waals surface area (Å²) in [7, 11) is 0. The zero-order valence-electron chi connectivity index (χ0n) is 22.6. The van der Waals surface area contributed by atoms with Gasteiger partial charge in [-0.25, -0.2) is 4.79 Å². The lowest BCUT2D eigenvalue weighted by atomic mass is 10.0. The Kier molecular flexibility index (Phi) is 8.74. The van der Waals surface area contributed by atoms with Gasteiger partial charge >= 0.3 is 11.7 Å². The molecule has 0 bridgehead atoms. The largest absolute Gasteiger partial charge is 0.462 e. The summed E-state index contributed by atoms with van der Waals surface area (Å²) in [5.41, 5.74) is 8.78. The number of nitrogens with two attached hydrogens (primary N) is 1. The molecule has 1 fully saturated rings. The van der Waals surface area contributed by atoms with E-state index in [4.69, 9.17) is 19.6 Å². The van der Waals surface area contributed by atoms with E-state index in [1.165, 1.54) is 29.4 Å². The Hall–Kier alpha value is -3.79. The molecule has 3 heterocycles. The molecule has 0 radical (unpaired) electrons. The van der Waals surface area contributed by atoms with Crippen molar-refractivity contribution in [2.24, 2.45) is 5.73 Å². The first-order chi connectivity index (χ1) is 19.4. The van der Waals surface area contributed by atoms with Gasteiger partial charge in [-0.3, -0.25) is 9.36 Å². The number of carbonyl (C=O) groups excluding carboxylic acids is 1. The van der Waals surface area contributed by atoms with E-state index in [-0.39, 0.29) is 18.7 Å². The average Bonchev–Trinajstić information content (AvgIpc) is 3.54. The third-order valence-electron chi connectivity index (χ3n) is 7.25. The van der Waals surface area contributed by atoms with E-state index in [1.807, 2.05) is 48.5 Å². The number of carbonyl (C=O) groups is 1. The Morgan fingerprint density at radius 3 is 2.67 bits per heavy atom. The van der Waals surface area contributed by atoms with E-state index >= 15 is 0 Å². The molecule has 0 unspecified atom stereocenters. The summed E-state index contributed by atoms with van der Waals surface area (Å²) >= 11 is 0. The van der Waals surface area contributed by atoms with Crippen molar-refractivity contribution in [2.45, 2.75) is 69.9 Å². The summed E-state index contributed by atoms with van der Waals surface area (Å²) in [4.78, 5) is 29.3. The third kappa shape index (κ3) is 6.50. The smallest absolute Gasteiger partial charge is 0.353 e. The van der Waals surface area contributed by atoms with Gasteiger partial charge in [0.25, 0.3) is 0 Å². The number of unbranched alkanes of at least 4 members (excludes halogenated alkanes) is 2. The Morgan fingerprint density at radius 1 is 1.15 bits per heavy atom. The molecule has 0 spiro atoms. The minimum absolute atomic E-state index is 0.148. The molecule has 40 heavy (non-hydrogen) atoms. The van der Waals surface area contributed by atoms with Crippen molar-refractivity contribution in [3.05, 3.63) is 88.5 Å². The van der Waals surface area contributed by atoms with Crippen molar-refractivity contribution in [3.63, 3.8) is 0 Å².